The molecule has 2 N–H and O–H groups in total. The fraction of sp³-hybridized carbons (Fsp3) is 0.211. The number of hydrogen-bond acceptors (Lipinski definition) is 6. The lowest BCUT2D eigenvalue weighted by Crippen LogP contribution is -2.23. The van der Waals surface area contributed by atoms with Gasteiger partial charge in [0.15, 0.2) is 5.13 Å². The van der Waals surface area contributed by atoms with Crippen LogP contribution in [-0.2, 0) is 17.8 Å². The van der Waals surface area contributed by atoms with Crippen LogP contribution in [0.3, 0.4) is 0 Å². The van der Waals surface area contributed by atoms with Gasteiger partial charge in [0.1, 0.15) is 5.75 Å². The van der Waals surface area contributed by atoms with Crippen LogP contribution in [0.2, 0.25) is 0 Å². The molecule has 3 rings (SSSR count). The zero-order chi connectivity index (χ0) is 19.1. The van der Waals surface area contributed by atoms with E-state index in [1.807, 2.05) is 41.1 Å². The highest BCUT2D eigenvalue weighted by Crippen LogP contribution is 2.19. The molecule has 0 fully saturated rings. The number of amides is 2. The Morgan fingerprint density at radius 1 is 1.15 bits per heavy atom. The van der Waals surface area contributed by atoms with Gasteiger partial charge in [0, 0.05) is 18.3 Å². The van der Waals surface area contributed by atoms with Crippen LogP contribution in [-0.4, -0.2) is 23.9 Å². The first-order chi connectivity index (χ1) is 13.1. The van der Waals surface area contributed by atoms with E-state index in [4.69, 9.17) is 4.74 Å². The van der Waals surface area contributed by atoms with E-state index in [1.54, 1.807) is 13.2 Å². The number of nitrogens with one attached hydrogen (secondary N) is 2. The molecule has 8 heteroatoms. The number of carbonyl (C=O) groups excluding carboxylic acids is 2. The van der Waals surface area contributed by atoms with Crippen LogP contribution in [0.4, 0.5) is 5.13 Å². The Morgan fingerprint density at radius 3 is 2.67 bits per heavy atom. The largest absolute Gasteiger partial charge is 0.497 e. The zero-order valence-electron chi connectivity index (χ0n) is 14.7. The lowest BCUT2D eigenvalue weighted by atomic mass is 10.2. The molecule has 0 bridgehead atoms. The third-order valence-corrected chi connectivity index (χ3v) is 5.45. The second-order valence-electron chi connectivity index (χ2n) is 5.70. The highest BCUT2D eigenvalue weighted by Gasteiger charge is 2.10. The first-order valence-corrected chi connectivity index (χ1v) is 10.1. The molecule has 1 aromatic carbocycles. The number of benzene rings is 1. The summed E-state index contributed by atoms with van der Waals surface area (Å²) in [5.74, 6) is 0.585. The lowest BCUT2D eigenvalue weighted by molar-refractivity contribution is -0.121. The molecule has 0 saturated heterocycles. The molecule has 3 aromatic rings. The molecule has 2 heterocycles. The van der Waals surface area contributed by atoms with E-state index < -0.39 is 0 Å². The van der Waals surface area contributed by atoms with Crippen molar-refractivity contribution in [3.63, 3.8) is 0 Å². The standard InChI is InChI=1S/C19H19N3O3S2/c1-25-15-7-4-13(5-8-15)11-20-17(23)9-6-14-12-27-19(21-14)22-18(24)16-3-2-10-26-16/h2-5,7-8,10,12H,6,9,11H2,1H3,(H,20,23)(H,21,22,24). The molecule has 0 unspecified atom stereocenters. The zero-order valence-corrected chi connectivity index (χ0v) is 16.4. The number of aromatic nitrogens is 1. The van der Waals surface area contributed by atoms with Crippen LogP contribution < -0.4 is 15.4 Å². The fourth-order valence-electron chi connectivity index (χ4n) is 2.32. The summed E-state index contributed by atoms with van der Waals surface area (Å²) in [4.78, 5) is 29.0. The molecular formula is C19H19N3O3S2. The van der Waals surface area contributed by atoms with E-state index in [1.165, 1.54) is 22.7 Å². The van der Waals surface area contributed by atoms with Gasteiger partial charge >= 0.3 is 0 Å². The normalized spacial score (nSPS) is 10.4. The minimum Gasteiger partial charge on any atom is -0.497 e. The van der Waals surface area contributed by atoms with Crippen LogP contribution in [0.5, 0.6) is 5.75 Å². The van der Waals surface area contributed by atoms with E-state index >= 15 is 0 Å². The molecule has 140 valence electrons. The number of ether oxygens (including phenoxy) is 1. The molecule has 0 spiro atoms. The first-order valence-electron chi connectivity index (χ1n) is 8.33. The van der Waals surface area contributed by atoms with Gasteiger partial charge in [-0.25, -0.2) is 4.98 Å². The molecule has 0 radical (unpaired) electrons. The average molecular weight is 402 g/mol. The van der Waals surface area contributed by atoms with Crippen molar-refractivity contribution in [3.8, 4) is 5.75 Å². The van der Waals surface area contributed by atoms with Crippen molar-refractivity contribution in [1.29, 1.82) is 0 Å². The van der Waals surface area contributed by atoms with Crippen molar-refractivity contribution >= 4 is 39.6 Å². The van der Waals surface area contributed by atoms with Gasteiger partial charge in [-0.1, -0.05) is 18.2 Å². The number of nitrogens with zero attached hydrogens (tertiary/aromatic N) is 1. The van der Waals surface area contributed by atoms with Crippen molar-refractivity contribution < 1.29 is 14.3 Å². The summed E-state index contributed by atoms with van der Waals surface area (Å²) in [6.07, 6.45) is 0.873. The SMILES string of the molecule is COc1ccc(CNC(=O)CCc2csc(NC(=O)c3cccs3)n2)cc1. The molecular weight excluding hydrogens is 382 g/mol. The Morgan fingerprint density at radius 2 is 1.96 bits per heavy atom. The number of carbonyl (C=O) groups is 2. The van der Waals surface area contributed by atoms with E-state index in [0.29, 0.717) is 29.4 Å². The number of thiazole rings is 1. The highest BCUT2D eigenvalue weighted by molar-refractivity contribution is 7.14. The Hall–Kier alpha value is -2.71. The quantitative estimate of drug-likeness (QED) is 0.603. The fourth-order valence-corrected chi connectivity index (χ4v) is 3.68. The van der Waals surface area contributed by atoms with Crippen LogP contribution >= 0.6 is 22.7 Å². The van der Waals surface area contributed by atoms with Gasteiger partial charge in [-0.15, -0.1) is 22.7 Å². The van der Waals surface area contributed by atoms with Crippen molar-refractivity contribution in [2.45, 2.75) is 19.4 Å². The molecule has 2 amide bonds. The summed E-state index contributed by atoms with van der Waals surface area (Å²) in [5, 5.41) is 9.93. The number of rotatable bonds is 8. The van der Waals surface area contributed by atoms with Crippen LogP contribution in [0.1, 0.15) is 27.3 Å². The van der Waals surface area contributed by atoms with Gasteiger partial charge < -0.3 is 10.1 Å². The number of anilines is 1. The first kappa shape index (κ1) is 19.1. The number of thiophene rings is 1. The Balaban J connectivity index is 1.42. The van der Waals surface area contributed by atoms with Crippen LogP contribution in [0, 0.1) is 0 Å². The van der Waals surface area contributed by atoms with Crippen molar-refractivity contribution in [3.05, 3.63) is 63.3 Å². The van der Waals surface area contributed by atoms with Crippen LogP contribution in [0.15, 0.2) is 47.2 Å². The van der Waals surface area contributed by atoms with Crippen molar-refractivity contribution in [2.75, 3.05) is 12.4 Å². The predicted octanol–water partition coefficient (Wildman–Crippen LogP) is 3.71. The van der Waals surface area contributed by atoms with Crippen molar-refractivity contribution in [2.24, 2.45) is 0 Å². The van der Waals surface area contributed by atoms with E-state index in [2.05, 4.69) is 15.6 Å². The maximum Gasteiger partial charge on any atom is 0.267 e. The number of aryl methyl sites for hydroxylation is 1. The van der Waals surface area contributed by atoms with Crippen molar-refractivity contribution in [1.82, 2.24) is 10.3 Å². The molecule has 0 aliphatic rings. The van der Waals surface area contributed by atoms with Gasteiger partial charge in [-0.05, 0) is 35.6 Å². The maximum atomic E-state index is 12.0. The van der Waals surface area contributed by atoms with Crippen LogP contribution in [0.25, 0.3) is 0 Å². The predicted molar refractivity (Wildman–Crippen MR) is 108 cm³/mol. The van der Waals surface area contributed by atoms with E-state index in [0.717, 1.165) is 17.0 Å². The highest BCUT2D eigenvalue weighted by atomic mass is 32.1. The molecule has 2 aromatic heterocycles. The van der Waals surface area contributed by atoms with Gasteiger partial charge in [0.25, 0.3) is 5.91 Å². The summed E-state index contributed by atoms with van der Waals surface area (Å²) >= 11 is 2.74. The van der Waals surface area contributed by atoms with E-state index in [-0.39, 0.29) is 11.8 Å². The minimum absolute atomic E-state index is 0.0389. The summed E-state index contributed by atoms with van der Waals surface area (Å²) in [6, 6.07) is 11.2. The monoisotopic (exact) mass is 401 g/mol. The topological polar surface area (TPSA) is 80.3 Å². The smallest absolute Gasteiger partial charge is 0.267 e. The summed E-state index contributed by atoms with van der Waals surface area (Å²) in [5.41, 5.74) is 1.80. The third-order valence-electron chi connectivity index (χ3n) is 3.77. The Kier molecular flexibility index (Phi) is 6.56. The molecule has 0 saturated carbocycles. The van der Waals surface area contributed by atoms with Gasteiger partial charge in [-0.2, -0.15) is 0 Å². The number of methoxy groups -OCH3 is 1. The third kappa shape index (κ3) is 5.63. The van der Waals surface area contributed by atoms with Gasteiger partial charge in [-0.3, -0.25) is 14.9 Å². The molecule has 0 aliphatic carbocycles. The average Bonchev–Trinajstić information content (AvgIpc) is 3.37. The molecule has 0 atom stereocenters. The molecule has 0 aliphatic heterocycles. The molecule has 6 nitrogen and oxygen atoms in total. The van der Waals surface area contributed by atoms with Gasteiger partial charge in [0.05, 0.1) is 17.7 Å². The second-order valence-corrected chi connectivity index (χ2v) is 7.51. The van der Waals surface area contributed by atoms with E-state index in [9.17, 15) is 9.59 Å². The summed E-state index contributed by atoms with van der Waals surface area (Å²) in [7, 11) is 1.62. The minimum atomic E-state index is -0.164. The van der Waals surface area contributed by atoms with Gasteiger partial charge in [0.2, 0.25) is 5.91 Å². The number of hydrogen-bond donors (Lipinski definition) is 2. The summed E-state index contributed by atoms with van der Waals surface area (Å²) < 4.78 is 5.11. The lowest BCUT2D eigenvalue weighted by Gasteiger charge is -2.06. The second kappa shape index (κ2) is 9.29. The Labute approximate surface area is 165 Å². The maximum absolute atomic E-state index is 12.0. The summed E-state index contributed by atoms with van der Waals surface area (Å²) in [6.45, 7) is 0.474. The Bertz CT molecular complexity index is 889. The molecule has 27 heavy (non-hydrogen) atoms.